The van der Waals surface area contributed by atoms with Crippen LogP contribution in [0.5, 0.6) is 0 Å². The minimum Gasteiger partial charge on any atom is -0.550 e. The van der Waals surface area contributed by atoms with Crippen LogP contribution >= 0.6 is 0 Å². The summed E-state index contributed by atoms with van der Waals surface area (Å²) < 4.78 is 0. The van der Waals surface area contributed by atoms with Crippen molar-refractivity contribution >= 4 is 23.9 Å². The van der Waals surface area contributed by atoms with Gasteiger partial charge in [-0.25, -0.2) is 0 Å². The molecule has 104 valence electrons. The first kappa shape index (κ1) is 42.7. The Bertz CT molecular complexity index is 171. The molecule has 0 atom stereocenters. The molecule has 19 heavy (non-hydrogen) atoms. The van der Waals surface area contributed by atoms with E-state index in [1.165, 1.54) is 0 Å². The Kier molecular flexibility index (Phi) is 81.5. The molecule has 0 rings (SSSR count). The van der Waals surface area contributed by atoms with Gasteiger partial charge in [0.2, 0.25) is 0 Å². The maximum atomic E-state index is 9.00. The predicted octanol–water partition coefficient (Wildman–Crippen LogP) is -8.30. The maximum absolute atomic E-state index is 9.00. The monoisotopic (exact) mass is 340 g/mol. The molecular formula is C8H14FeNa2O8. The Morgan fingerprint density at radius 1 is 0.684 bits per heavy atom. The van der Waals surface area contributed by atoms with Crippen LogP contribution in [0.25, 0.3) is 0 Å². The van der Waals surface area contributed by atoms with Crippen LogP contribution < -0.4 is 69.3 Å². The van der Waals surface area contributed by atoms with Crippen molar-refractivity contribution in [3.63, 3.8) is 0 Å². The second-order valence-corrected chi connectivity index (χ2v) is 2.02. The van der Waals surface area contributed by atoms with Crippen LogP contribution in [0, 0.1) is 0 Å². The number of aliphatic carboxylic acids is 4. The first-order chi connectivity index (χ1) is 6.93. The fraction of sp³-hybridized carbons (Fsp3) is 0.500. The molecule has 0 aliphatic rings. The van der Waals surface area contributed by atoms with E-state index in [-0.39, 0.29) is 76.2 Å². The molecular weight excluding hydrogens is 326 g/mol. The fourth-order valence-corrected chi connectivity index (χ4v) is 0. The van der Waals surface area contributed by atoms with Gasteiger partial charge in [-0.1, -0.05) is 0 Å². The Labute approximate surface area is 166 Å². The maximum Gasteiger partial charge on any atom is 1.00 e. The van der Waals surface area contributed by atoms with Crippen molar-refractivity contribution in [3.8, 4) is 0 Å². The van der Waals surface area contributed by atoms with Gasteiger partial charge in [0.15, 0.2) is 0 Å². The molecule has 0 aromatic heterocycles. The minimum atomic E-state index is -1.08. The van der Waals surface area contributed by atoms with E-state index in [0.717, 1.165) is 27.7 Å². The Morgan fingerprint density at radius 2 is 0.684 bits per heavy atom. The van der Waals surface area contributed by atoms with Gasteiger partial charge in [0.1, 0.15) is 0 Å². The zero-order chi connectivity index (χ0) is 14.3. The van der Waals surface area contributed by atoms with Crippen LogP contribution in [0.3, 0.4) is 0 Å². The zero-order valence-corrected chi connectivity index (χ0v) is 16.8. The first-order valence-electron chi connectivity index (χ1n) is 3.67. The molecule has 0 radical (unpaired) electrons. The minimum absolute atomic E-state index is 0. The molecule has 0 fully saturated rings. The molecule has 0 saturated heterocycles. The van der Waals surface area contributed by atoms with Gasteiger partial charge in [-0.3, -0.25) is 9.59 Å². The topological polar surface area (TPSA) is 155 Å². The number of hydrogen-bond acceptors (Lipinski definition) is 6. The molecule has 0 bridgehead atoms. The van der Waals surface area contributed by atoms with Crippen LogP contribution in [0.15, 0.2) is 0 Å². The van der Waals surface area contributed by atoms with Crippen molar-refractivity contribution in [2.24, 2.45) is 0 Å². The van der Waals surface area contributed by atoms with Gasteiger partial charge < -0.3 is 30.0 Å². The van der Waals surface area contributed by atoms with Gasteiger partial charge in [-0.05, 0) is 13.8 Å². The summed E-state index contributed by atoms with van der Waals surface area (Å²) in [5.41, 5.74) is 0. The number of carboxylic acid groups (broad SMARTS) is 4. The van der Waals surface area contributed by atoms with Gasteiger partial charge in [-0.15, -0.1) is 0 Å². The van der Waals surface area contributed by atoms with Gasteiger partial charge >= 0.3 is 59.1 Å². The van der Waals surface area contributed by atoms with Crippen LogP contribution in [0.4, 0.5) is 0 Å². The Hall–Kier alpha value is 0.399. The van der Waals surface area contributed by atoms with E-state index in [1.54, 1.807) is 0 Å². The molecule has 0 saturated carbocycles. The van der Waals surface area contributed by atoms with E-state index in [1.807, 2.05) is 0 Å². The number of carboxylic acids is 4. The normalized spacial score (nSPS) is 5.26. The third kappa shape index (κ3) is 31000. The quantitative estimate of drug-likeness (QED) is 0.412. The van der Waals surface area contributed by atoms with Gasteiger partial charge in [0, 0.05) is 42.9 Å². The van der Waals surface area contributed by atoms with Crippen molar-refractivity contribution in [3.05, 3.63) is 0 Å². The molecule has 0 aromatic rings. The Balaban J connectivity index is -0.0000000192. The summed E-state index contributed by atoms with van der Waals surface area (Å²) in [5.74, 6) is -3.83. The third-order valence-corrected chi connectivity index (χ3v) is 0. The number of hydrogen-bond donors (Lipinski definition) is 2. The predicted molar refractivity (Wildman–Crippen MR) is 48.0 cm³/mol. The number of carbonyl (C=O) groups excluding carboxylic acids is 2. The first-order valence-corrected chi connectivity index (χ1v) is 3.67. The standard InChI is InChI=1S/4C2H4O2.Fe.2Na/c4*1-2(3)4;;;/h4*1H3,(H,3,4);;;/q;;;;;2*+1/p-2. The smallest absolute Gasteiger partial charge is 0.550 e. The summed E-state index contributed by atoms with van der Waals surface area (Å²) in [7, 11) is 0. The molecule has 0 aliphatic heterocycles. The summed E-state index contributed by atoms with van der Waals surface area (Å²) >= 11 is 0. The third-order valence-electron chi connectivity index (χ3n) is 0. The fourth-order valence-electron chi connectivity index (χ4n) is 0. The van der Waals surface area contributed by atoms with Crippen molar-refractivity contribution in [2.45, 2.75) is 27.7 Å². The molecule has 0 aliphatic carbocycles. The SMILES string of the molecule is CC(=O)O.CC(=O)O.CC(=O)[O-].CC(=O)[O-].[Fe].[Na+].[Na+]. The summed E-state index contributed by atoms with van der Waals surface area (Å²) in [4.78, 5) is 35.8. The molecule has 0 unspecified atom stereocenters. The Morgan fingerprint density at radius 3 is 0.684 bits per heavy atom. The van der Waals surface area contributed by atoms with E-state index in [2.05, 4.69) is 0 Å². The molecule has 0 aromatic carbocycles. The van der Waals surface area contributed by atoms with Crippen molar-refractivity contribution in [1.29, 1.82) is 0 Å². The largest absolute Gasteiger partial charge is 1.00 e. The summed E-state index contributed by atoms with van der Waals surface area (Å²) in [6.07, 6.45) is 0. The zero-order valence-electron chi connectivity index (χ0n) is 11.7. The van der Waals surface area contributed by atoms with E-state index in [0.29, 0.717) is 0 Å². The van der Waals surface area contributed by atoms with Crippen LogP contribution in [0.1, 0.15) is 27.7 Å². The van der Waals surface area contributed by atoms with Gasteiger partial charge in [-0.2, -0.15) is 0 Å². The summed E-state index contributed by atoms with van der Waals surface area (Å²) in [5, 5.41) is 32.6. The van der Waals surface area contributed by atoms with E-state index >= 15 is 0 Å². The molecule has 0 amide bonds. The van der Waals surface area contributed by atoms with E-state index in [9.17, 15) is 0 Å². The van der Waals surface area contributed by atoms with Gasteiger partial charge in [0.25, 0.3) is 11.9 Å². The number of rotatable bonds is 0. The molecule has 8 nitrogen and oxygen atoms in total. The number of carbonyl (C=O) groups is 4. The average molecular weight is 340 g/mol. The van der Waals surface area contributed by atoms with E-state index in [4.69, 9.17) is 39.6 Å². The molecule has 0 spiro atoms. The molecule has 0 heterocycles. The second kappa shape index (κ2) is 36.2. The van der Waals surface area contributed by atoms with Crippen molar-refractivity contribution in [1.82, 2.24) is 0 Å². The summed E-state index contributed by atoms with van der Waals surface area (Å²) in [6, 6.07) is 0. The van der Waals surface area contributed by atoms with Crippen molar-refractivity contribution in [2.75, 3.05) is 0 Å². The van der Waals surface area contributed by atoms with Crippen molar-refractivity contribution < 1.29 is 116 Å². The van der Waals surface area contributed by atoms with E-state index < -0.39 is 23.9 Å². The van der Waals surface area contributed by atoms with Crippen LogP contribution in [-0.4, -0.2) is 34.1 Å². The second-order valence-electron chi connectivity index (χ2n) is 2.02. The summed E-state index contributed by atoms with van der Waals surface area (Å²) in [6.45, 7) is 4.11. The van der Waals surface area contributed by atoms with Crippen LogP contribution in [-0.2, 0) is 36.2 Å². The van der Waals surface area contributed by atoms with Crippen LogP contribution in [0.2, 0.25) is 0 Å². The molecule has 2 N–H and O–H groups in total. The average Bonchev–Trinajstić information content (AvgIpc) is 1.76. The van der Waals surface area contributed by atoms with Gasteiger partial charge in [0.05, 0.1) is 0 Å². The molecule has 11 heteroatoms.